The molecular formula is C20H32O5P2. The van der Waals surface area contributed by atoms with E-state index in [9.17, 15) is 0 Å². The molecule has 0 unspecified atom stereocenters. The second kappa shape index (κ2) is 7.86. The topological polar surface area (TPSA) is 46.2 Å². The van der Waals surface area contributed by atoms with Gasteiger partial charge in [-0.1, -0.05) is 59.2 Å². The van der Waals surface area contributed by atoms with E-state index in [2.05, 4.69) is 60.6 Å². The van der Waals surface area contributed by atoms with E-state index < -0.39 is 8.60 Å². The lowest BCUT2D eigenvalue weighted by Gasteiger charge is -2.40. The third-order valence-electron chi connectivity index (χ3n) is 4.84. The number of hydrogen-bond donors (Lipinski definition) is 0. The van der Waals surface area contributed by atoms with Crippen LogP contribution in [0, 0.1) is 12.3 Å². The lowest BCUT2D eigenvalue weighted by atomic mass is 9.78. The minimum atomic E-state index is -1.44. The first-order valence-electron chi connectivity index (χ1n) is 9.38. The van der Waals surface area contributed by atoms with Crippen molar-refractivity contribution in [2.75, 3.05) is 26.4 Å². The van der Waals surface area contributed by atoms with Crippen LogP contribution in [-0.2, 0) is 28.9 Å². The van der Waals surface area contributed by atoms with Gasteiger partial charge in [0.1, 0.15) is 5.75 Å². The quantitative estimate of drug-likeness (QED) is 0.574. The van der Waals surface area contributed by atoms with Crippen molar-refractivity contribution in [2.24, 2.45) is 5.41 Å². The van der Waals surface area contributed by atoms with E-state index in [4.69, 9.17) is 22.6 Å². The Morgan fingerprint density at radius 1 is 0.889 bits per heavy atom. The third kappa shape index (κ3) is 5.01. The standard InChI is InChI=1S/C20H32O5P2/c1-14-8-15(18(2,3)4)17(16(9-14)19(5,6)7)25-27-23-12-20(13-24-27)10-21-26-22-11-20/h8-9,26H,10-13H2,1-7H3. The predicted molar refractivity (Wildman–Crippen MR) is 111 cm³/mol. The molecule has 152 valence electrons. The molecule has 1 spiro atoms. The number of hydrogen-bond acceptors (Lipinski definition) is 5. The maximum Gasteiger partial charge on any atom is 0.397 e. The van der Waals surface area contributed by atoms with Gasteiger partial charge in [0, 0.05) is 11.1 Å². The average Bonchev–Trinajstić information content (AvgIpc) is 2.57. The van der Waals surface area contributed by atoms with Gasteiger partial charge in [0.25, 0.3) is 0 Å². The first-order chi connectivity index (χ1) is 12.5. The Kier molecular flexibility index (Phi) is 6.24. The Balaban J connectivity index is 1.85. The highest BCUT2D eigenvalue weighted by Crippen LogP contribution is 2.52. The smallest absolute Gasteiger partial charge is 0.397 e. The Morgan fingerprint density at radius 3 is 1.81 bits per heavy atom. The van der Waals surface area contributed by atoms with E-state index in [0.29, 0.717) is 26.4 Å². The SMILES string of the molecule is Cc1cc(C(C)(C)C)c(OP2OCC3(COPOC3)CO2)c(C(C)(C)C)c1. The van der Waals surface area contributed by atoms with Crippen molar-refractivity contribution < 1.29 is 22.6 Å². The summed E-state index contributed by atoms with van der Waals surface area (Å²) in [5.41, 5.74) is 3.33. The Labute approximate surface area is 166 Å². The van der Waals surface area contributed by atoms with Crippen LogP contribution in [0.15, 0.2) is 12.1 Å². The second-order valence-electron chi connectivity index (χ2n) is 9.71. The summed E-state index contributed by atoms with van der Waals surface area (Å²) in [5, 5.41) is 0. The molecule has 0 saturated carbocycles. The van der Waals surface area contributed by atoms with Crippen molar-refractivity contribution in [1.29, 1.82) is 0 Å². The molecule has 0 bridgehead atoms. The molecule has 1 aromatic carbocycles. The normalized spacial score (nSPS) is 27.9. The Morgan fingerprint density at radius 2 is 1.37 bits per heavy atom. The van der Waals surface area contributed by atoms with E-state index in [1.165, 1.54) is 16.7 Å². The summed E-state index contributed by atoms with van der Waals surface area (Å²) in [6.07, 6.45) is 0. The van der Waals surface area contributed by atoms with Crippen molar-refractivity contribution in [2.45, 2.75) is 59.3 Å². The van der Waals surface area contributed by atoms with Crippen LogP contribution in [0.2, 0.25) is 0 Å². The van der Waals surface area contributed by atoms with E-state index in [1.807, 2.05) is 0 Å². The molecule has 0 radical (unpaired) electrons. The molecule has 0 N–H and O–H groups in total. The molecule has 2 fully saturated rings. The van der Waals surface area contributed by atoms with Gasteiger partial charge in [0.05, 0.1) is 31.8 Å². The van der Waals surface area contributed by atoms with Gasteiger partial charge in [-0.2, -0.15) is 0 Å². The average molecular weight is 414 g/mol. The molecule has 2 saturated heterocycles. The van der Waals surface area contributed by atoms with Crippen LogP contribution < -0.4 is 4.52 Å². The zero-order valence-corrected chi connectivity index (χ0v) is 19.4. The molecule has 2 aliphatic rings. The highest BCUT2D eigenvalue weighted by molar-refractivity contribution is 7.42. The third-order valence-corrected chi connectivity index (χ3v) is 6.38. The molecule has 0 atom stereocenters. The van der Waals surface area contributed by atoms with Crippen molar-refractivity contribution in [3.05, 3.63) is 28.8 Å². The van der Waals surface area contributed by atoms with E-state index in [-0.39, 0.29) is 25.3 Å². The minimum absolute atomic E-state index is 0.0420. The molecule has 0 aliphatic carbocycles. The fraction of sp³-hybridized carbons (Fsp3) is 0.700. The Hall–Kier alpha value is -0.280. The molecule has 0 aromatic heterocycles. The van der Waals surface area contributed by atoms with Crippen LogP contribution in [0.1, 0.15) is 58.2 Å². The van der Waals surface area contributed by atoms with Gasteiger partial charge in [0.2, 0.25) is 0 Å². The minimum Gasteiger partial charge on any atom is -0.426 e. The van der Waals surface area contributed by atoms with Crippen molar-refractivity contribution in [3.63, 3.8) is 0 Å². The van der Waals surface area contributed by atoms with Crippen molar-refractivity contribution in [3.8, 4) is 5.75 Å². The molecule has 0 amide bonds. The van der Waals surface area contributed by atoms with Crippen LogP contribution in [0.25, 0.3) is 0 Å². The summed E-state index contributed by atoms with van der Waals surface area (Å²) in [7, 11) is -1.33. The zero-order chi connectivity index (χ0) is 19.9. The number of rotatable bonds is 2. The van der Waals surface area contributed by atoms with Crippen LogP contribution in [0.3, 0.4) is 0 Å². The van der Waals surface area contributed by atoms with Gasteiger partial charge in [-0.05, 0) is 17.8 Å². The van der Waals surface area contributed by atoms with Crippen molar-refractivity contribution in [1.82, 2.24) is 0 Å². The van der Waals surface area contributed by atoms with Gasteiger partial charge in [-0.25, -0.2) is 0 Å². The lowest BCUT2D eigenvalue weighted by Crippen LogP contribution is -2.44. The molecule has 2 aliphatic heterocycles. The maximum absolute atomic E-state index is 6.40. The summed E-state index contributed by atoms with van der Waals surface area (Å²) in [6, 6.07) is 4.43. The van der Waals surface area contributed by atoms with E-state index in [0.717, 1.165) is 5.75 Å². The van der Waals surface area contributed by atoms with Gasteiger partial charge in [0.15, 0.2) is 9.03 Å². The zero-order valence-electron chi connectivity index (χ0n) is 17.5. The molecule has 27 heavy (non-hydrogen) atoms. The fourth-order valence-corrected chi connectivity index (χ4v) is 5.28. The van der Waals surface area contributed by atoms with Crippen LogP contribution in [0.4, 0.5) is 0 Å². The van der Waals surface area contributed by atoms with E-state index >= 15 is 0 Å². The molecule has 2 heterocycles. The number of aryl methyl sites for hydroxylation is 1. The fourth-order valence-electron chi connectivity index (χ4n) is 3.19. The maximum atomic E-state index is 6.40. The molecular weight excluding hydrogens is 382 g/mol. The predicted octanol–water partition coefficient (Wildman–Crippen LogP) is 5.78. The summed E-state index contributed by atoms with van der Waals surface area (Å²) >= 11 is 0. The highest BCUT2D eigenvalue weighted by atomic mass is 31.2. The monoisotopic (exact) mass is 414 g/mol. The van der Waals surface area contributed by atoms with Gasteiger partial charge < -0.3 is 22.6 Å². The van der Waals surface area contributed by atoms with Crippen LogP contribution >= 0.6 is 17.6 Å². The lowest BCUT2D eigenvalue weighted by molar-refractivity contribution is -0.0567. The Bertz CT molecular complexity index is 627. The first-order valence-corrected chi connectivity index (χ1v) is 11.3. The van der Waals surface area contributed by atoms with Crippen LogP contribution in [0.5, 0.6) is 5.75 Å². The largest absolute Gasteiger partial charge is 0.426 e. The van der Waals surface area contributed by atoms with Gasteiger partial charge in [-0.15, -0.1) is 0 Å². The number of benzene rings is 1. The summed E-state index contributed by atoms with van der Waals surface area (Å²) in [4.78, 5) is 0. The summed E-state index contributed by atoms with van der Waals surface area (Å²) in [5.74, 6) is 0.903. The molecule has 3 rings (SSSR count). The van der Waals surface area contributed by atoms with Gasteiger partial charge in [-0.3, -0.25) is 0 Å². The van der Waals surface area contributed by atoms with E-state index in [1.54, 1.807) is 0 Å². The van der Waals surface area contributed by atoms with Crippen LogP contribution in [-0.4, -0.2) is 26.4 Å². The second-order valence-corrected chi connectivity index (χ2v) is 11.6. The van der Waals surface area contributed by atoms with Gasteiger partial charge >= 0.3 is 8.60 Å². The summed E-state index contributed by atoms with van der Waals surface area (Å²) < 4.78 is 29.3. The molecule has 1 aromatic rings. The van der Waals surface area contributed by atoms with Crippen molar-refractivity contribution >= 4 is 17.6 Å². The molecule has 7 heteroatoms. The highest BCUT2D eigenvalue weighted by Gasteiger charge is 2.42. The molecule has 5 nitrogen and oxygen atoms in total. The first kappa shape index (κ1) is 21.4. The summed E-state index contributed by atoms with van der Waals surface area (Å²) in [6.45, 7) is 17.7.